The van der Waals surface area contributed by atoms with Gasteiger partial charge in [-0.3, -0.25) is 0 Å². The predicted molar refractivity (Wildman–Crippen MR) is 161 cm³/mol. The summed E-state index contributed by atoms with van der Waals surface area (Å²) in [7, 11) is 4.19. The van der Waals surface area contributed by atoms with Gasteiger partial charge in [-0.1, -0.05) is 66.7 Å². The Morgan fingerprint density at radius 3 is 2.37 bits per heavy atom. The van der Waals surface area contributed by atoms with Gasteiger partial charge in [-0.25, -0.2) is 4.98 Å². The summed E-state index contributed by atoms with van der Waals surface area (Å²) < 4.78 is 0. The molecule has 194 valence electrons. The zero-order valence-electron chi connectivity index (χ0n) is 22.4. The lowest BCUT2D eigenvalue weighted by molar-refractivity contribution is 0.338. The Morgan fingerprint density at radius 2 is 1.58 bits per heavy atom. The molecule has 0 atom stereocenters. The van der Waals surface area contributed by atoms with E-state index in [0.717, 1.165) is 30.0 Å². The summed E-state index contributed by atoms with van der Waals surface area (Å²) >= 11 is 0. The summed E-state index contributed by atoms with van der Waals surface area (Å²) in [4.78, 5) is 11.1. The molecule has 0 saturated heterocycles. The van der Waals surface area contributed by atoms with Gasteiger partial charge in [0, 0.05) is 59.9 Å². The monoisotopic (exact) mass is 503 g/mol. The Hall–Kier alpha value is -3.83. The molecule has 1 aliphatic rings. The zero-order valence-corrected chi connectivity index (χ0v) is 22.4. The van der Waals surface area contributed by atoms with Crippen molar-refractivity contribution >= 4 is 33.3 Å². The fraction of sp³-hybridized carbons (Fsp3) is 0.303. The van der Waals surface area contributed by atoms with Gasteiger partial charge < -0.3 is 20.5 Å². The smallest absolute Gasteiger partial charge is 0.131 e. The first-order valence-corrected chi connectivity index (χ1v) is 13.9. The van der Waals surface area contributed by atoms with Crippen LogP contribution in [0.25, 0.3) is 33.1 Å². The van der Waals surface area contributed by atoms with E-state index in [2.05, 4.69) is 112 Å². The van der Waals surface area contributed by atoms with E-state index in [1.54, 1.807) is 0 Å². The third-order valence-electron chi connectivity index (χ3n) is 8.26. The third kappa shape index (κ3) is 4.86. The standard InChI is InChI=1S/C33H37N5/c1-34-31-22-32(36-30-15-9-7-13-28(30)31)38(2)25-18-16-24(17-19-25)35-21-20-27-26-12-6-8-14-29(26)37-33(27)23-10-4-3-5-11-23/h3-15,22,24-25,35,37H,16-21H2,1-2H3,(H,34,36). The number of para-hydroxylation sites is 2. The third-order valence-corrected chi connectivity index (χ3v) is 8.26. The Labute approximate surface area is 225 Å². The number of fused-ring (bicyclic) bond motifs is 2. The summed E-state index contributed by atoms with van der Waals surface area (Å²) in [5.41, 5.74) is 7.32. The second-order valence-electron chi connectivity index (χ2n) is 10.5. The molecule has 5 aromatic rings. The van der Waals surface area contributed by atoms with Gasteiger partial charge in [-0.05, 0) is 61.9 Å². The molecule has 0 radical (unpaired) electrons. The minimum Gasteiger partial charge on any atom is -0.387 e. The lowest BCUT2D eigenvalue weighted by Gasteiger charge is -2.36. The van der Waals surface area contributed by atoms with Gasteiger partial charge in [0.15, 0.2) is 0 Å². The molecule has 6 rings (SSSR count). The summed E-state index contributed by atoms with van der Waals surface area (Å²) in [5.74, 6) is 1.05. The van der Waals surface area contributed by atoms with E-state index >= 15 is 0 Å². The van der Waals surface area contributed by atoms with Gasteiger partial charge in [0.1, 0.15) is 5.82 Å². The van der Waals surface area contributed by atoms with Crippen LogP contribution >= 0.6 is 0 Å². The Balaban J connectivity index is 1.09. The van der Waals surface area contributed by atoms with Crippen LogP contribution in [0.1, 0.15) is 31.2 Å². The number of nitrogens with one attached hydrogen (secondary N) is 3. The number of aromatic amines is 1. The van der Waals surface area contributed by atoms with Crippen LogP contribution < -0.4 is 15.5 Å². The fourth-order valence-electron chi connectivity index (χ4n) is 6.12. The van der Waals surface area contributed by atoms with Gasteiger partial charge in [-0.2, -0.15) is 0 Å². The highest BCUT2D eigenvalue weighted by Gasteiger charge is 2.25. The summed E-state index contributed by atoms with van der Waals surface area (Å²) in [6.45, 7) is 0.991. The molecule has 5 heteroatoms. The van der Waals surface area contributed by atoms with E-state index in [-0.39, 0.29) is 0 Å². The SMILES string of the molecule is CNc1cc(N(C)C2CCC(NCCc3c(-c4ccccc4)[nH]c4ccccc34)CC2)nc2ccccc12. The number of nitrogens with zero attached hydrogens (tertiary/aromatic N) is 2. The number of hydrogen-bond acceptors (Lipinski definition) is 4. The molecule has 0 spiro atoms. The Morgan fingerprint density at radius 1 is 0.868 bits per heavy atom. The van der Waals surface area contributed by atoms with Crippen LogP contribution in [0.5, 0.6) is 0 Å². The minimum atomic E-state index is 0.518. The van der Waals surface area contributed by atoms with E-state index in [9.17, 15) is 0 Å². The van der Waals surface area contributed by atoms with Gasteiger partial charge in [-0.15, -0.1) is 0 Å². The van der Waals surface area contributed by atoms with Crippen molar-refractivity contribution in [3.8, 4) is 11.3 Å². The van der Waals surface area contributed by atoms with Crippen LogP contribution in [0.4, 0.5) is 11.5 Å². The number of benzene rings is 3. The van der Waals surface area contributed by atoms with Gasteiger partial charge in [0.2, 0.25) is 0 Å². The highest BCUT2D eigenvalue weighted by molar-refractivity contribution is 5.93. The van der Waals surface area contributed by atoms with Gasteiger partial charge in [0.25, 0.3) is 0 Å². The molecule has 0 unspecified atom stereocenters. The van der Waals surface area contributed by atoms with Crippen molar-refractivity contribution < 1.29 is 0 Å². The lowest BCUT2D eigenvalue weighted by Crippen LogP contribution is -2.41. The maximum atomic E-state index is 4.98. The van der Waals surface area contributed by atoms with Crippen LogP contribution in [0.3, 0.4) is 0 Å². The van der Waals surface area contributed by atoms with Crippen molar-refractivity contribution in [2.45, 2.75) is 44.2 Å². The van der Waals surface area contributed by atoms with Crippen LogP contribution in [-0.2, 0) is 6.42 Å². The van der Waals surface area contributed by atoms with Crippen molar-refractivity contribution in [2.24, 2.45) is 0 Å². The maximum absolute atomic E-state index is 4.98. The lowest BCUT2D eigenvalue weighted by atomic mass is 9.90. The molecule has 1 fully saturated rings. The first-order valence-electron chi connectivity index (χ1n) is 13.9. The van der Waals surface area contributed by atoms with Crippen molar-refractivity contribution in [2.75, 3.05) is 30.9 Å². The van der Waals surface area contributed by atoms with Crippen molar-refractivity contribution in [1.29, 1.82) is 0 Å². The van der Waals surface area contributed by atoms with E-state index in [4.69, 9.17) is 4.98 Å². The molecule has 0 aliphatic heterocycles. The average molecular weight is 504 g/mol. The number of H-pyrrole nitrogens is 1. The van der Waals surface area contributed by atoms with E-state index < -0.39 is 0 Å². The van der Waals surface area contributed by atoms with E-state index in [1.807, 2.05) is 7.05 Å². The van der Waals surface area contributed by atoms with Gasteiger partial charge >= 0.3 is 0 Å². The average Bonchev–Trinajstić information content (AvgIpc) is 3.35. The first-order chi connectivity index (χ1) is 18.7. The molecular weight excluding hydrogens is 466 g/mol. The normalized spacial score (nSPS) is 17.6. The molecule has 38 heavy (non-hydrogen) atoms. The van der Waals surface area contributed by atoms with Crippen LogP contribution in [0.2, 0.25) is 0 Å². The molecule has 3 aromatic carbocycles. The fourth-order valence-corrected chi connectivity index (χ4v) is 6.12. The number of hydrogen-bond donors (Lipinski definition) is 3. The molecule has 1 aliphatic carbocycles. The summed E-state index contributed by atoms with van der Waals surface area (Å²) in [5, 5.41) is 9.75. The number of anilines is 2. The predicted octanol–water partition coefficient (Wildman–Crippen LogP) is 7.00. The summed E-state index contributed by atoms with van der Waals surface area (Å²) in [6.07, 6.45) is 5.77. The molecule has 3 N–H and O–H groups in total. The topological polar surface area (TPSA) is 56.0 Å². The second-order valence-corrected chi connectivity index (χ2v) is 10.5. The molecule has 2 aromatic heterocycles. The number of aromatic nitrogens is 2. The van der Waals surface area contributed by atoms with Crippen molar-refractivity contribution in [3.05, 3.63) is 90.5 Å². The van der Waals surface area contributed by atoms with E-state index in [0.29, 0.717) is 12.1 Å². The highest BCUT2D eigenvalue weighted by Crippen LogP contribution is 2.32. The Kier molecular flexibility index (Phi) is 7.02. The molecule has 0 amide bonds. The molecule has 0 bridgehead atoms. The Bertz CT molecular complexity index is 1520. The van der Waals surface area contributed by atoms with Crippen LogP contribution in [0.15, 0.2) is 84.9 Å². The quantitative estimate of drug-likeness (QED) is 0.213. The largest absolute Gasteiger partial charge is 0.387 e. The maximum Gasteiger partial charge on any atom is 0.131 e. The molecule has 5 nitrogen and oxygen atoms in total. The molecule has 2 heterocycles. The first kappa shape index (κ1) is 24.5. The minimum absolute atomic E-state index is 0.518. The highest BCUT2D eigenvalue weighted by atomic mass is 15.2. The summed E-state index contributed by atoms with van der Waals surface area (Å²) in [6, 6.07) is 31.0. The van der Waals surface area contributed by atoms with Crippen LogP contribution in [-0.4, -0.2) is 42.7 Å². The van der Waals surface area contributed by atoms with Crippen LogP contribution in [0, 0.1) is 0 Å². The zero-order chi connectivity index (χ0) is 25.9. The van der Waals surface area contributed by atoms with Crippen molar-refractivity contribution in [3.63, 3.8) is 0 Å². The number of rotatable bonds is 8. The molecule has 1 saturated carbocycles. The van der Waals surface area contributed by atoms with Crippen molar-refractivity contribution in [1.82, 2.24) is 15.3 Å². The second kappa shape index (κ2) is 10.9. The molecular formula is C33H37N5. The number of pyridine rings is 1. The van der Waals surface area contributed by atoms with E-state index in [1.165, 1.54) is 58.8 Å². The van der Waals surface area contributed by atoms with Gasteiger partial charge in [0.05, 0.1) is 5.52 Å².